The minimum Gasteiger partial charge on any atom is -0.457 e. The van der Waals surface area contributed by atoms with E-state index in [0.717, 1.165) is 22.3 Å². The zero-order valence-corrected chi connectivity index (χ0v) is 17.8. The molecular formula is C23H20FN5OS. The van der Waals surface area contributed by atoms with E-state index in [2.05, 4.69) is 25.8 Å². The topological polar surface area (TPSA) is 74.3 Å². The Kier molecular flexibility index (Phi) is 5.90. The van der Waals surface area contributed by atoms with Crippen LogP contribution in [-0.4, -0.2) is 20.8 Å². The first-order valence-corrected chi connectivity index (χ1v) is 9.98. The van der Waals surface area contributed by atoms with Crippen molar-refractivity contribution in [2.24, 2.45) is 5.10 Å². The predicted molar refractivity (Wildman–Crippen MR) is 125 cm³/mol. The highest BCUT2D eigenvalue weighted by Crippen LogP contribution is 2.25. The Bertz CT molecular complexity index is 1270. The summed E-state index contributed by atoms with van der Waals surface area (Å²) in [6.07, 6.45) is 0. The number of H-pyrrole nitrogens is 1. The molecule has 0 aliphatic heterocycles. The number of nitrogens with one attached hydrogen (secondary N) is 3. The third-order valence-corrected chi connectivity index (χ3v) is 4.64. The number of aryl methyl sites for hydroxylation is 1. The third-order valence-electron chi connectivity index (χ3n) is 4.45. The fraction of sp³-hybridized carbons (Fsp3) is 0.0870. The smallest absolute Gasteiger partial charge is 0.191 e. The second-order valence-electron chi connectivity index (χ2n) is 6.95. The Labute approximate surface area is 184 Å². The average Bonchev–Trinajstić information content (AvgIpc) is 3.17. The number of benzene rings is 3. The summed E-state index contributed by atoms with van der Waals surface area (Å²) in [5, 5.41) is 7.79. The van der Waals surface area contributed by atoms with Crippen molar-refractivity contribution in [2.75, 3.05) is 5.32 Å². The highest BCUT2D eigenvalue weighted by Gasteiger charge is 2.08. The Morgan fingerprint density at radius 1 is 1.06 bits per heavy atom. The lowest BCUT2D eigenvalue weighted by molar-refractivity contribution is 0.481. The summed E-state index contributed by atoms with van der Waals surface area (Å²) >= 11 is 5.30. The summed E-state index contributed by atoms with van der Waals surface area (Å²) in [5.74, 6) is 1.46. The lowest BCUT2D eigenvalue weighted by Crippen LogP contribution is -2.25. The molecule has 156 valence electrons. The van der Waals surface area contributed by atoms with Gasteiger partial charge >= 0.3 is 0 Å². The summed E-state index contributed by atoms with van der Waals surface area (Å²) in [6, 6.07) is 19.3. The predicted octanol–water partition coefficient (Wildman–Crippen LogP) is 5.51. The molecular weight excluding hydrogens is 413 g/mol. The quantitative estimate of drug-likeness (QED) is 0.220. The zero-order valence-electron chi connectivity index (χ0n) is 16.9. The van der Waals surface area contributed by atoms with Crippen molar-refractivity contribution in [1.29, 1.82) is 0 Å². The van der Waals surface area contributed by atoms with Crippen molar-refractivity contribution in [3.63, 3.8) is 0 Å². The number of aromatic amines is 1. The number of hydrogen-bond donors (Lipinski definition) is 3. The van der Waals surface area contributed by atoms with E-state index in [9.17, 15) is 4.39 Å². The number of hydrazone groups is 1. The second kappa shape index (κ2) is 8.93. The Morgan fingerprint density at radius 2 is 1.84 bits per heavy atom. The van der Waals surface area contributed by atoms with Gasteiger partial charge < -0.3 is 15.0 Å². The summed E-state index contributed by atoms with van der Waals surface area (Å²) in [5.41, 5.74) is 7.08. The lowest BCUT2D eigenvalue weighted by atomic mass is 10.2. The fourth-order valence-corrected chi connectivity index (χ4v) is 3.09. The molecule has 6 nitrogen and oxygen atoms in total. The van der Waals surface area contributed by atoms with Crippen LogP contribution in [0.3, 0.4) is 0 Å². The van der Waals surface area contributed by atoms with E-state index < -0.39 is 0 Å². The molecule has 0 amide bonds. The second-order valence-corrected chi connectivity index (χ2v) is 7.36. The number of rotatable bonds is 5. The molecule has 8 heteroatoms. The molecule has 0 radical (unpaired) electrons. The monoisotopic (exact) mass is 433 g/mol. The normalized spacial score (nSPS) is 11.4. The van der Waals surface area contributed by atoms with Crippen LogP contribution < -0.4 is 15.5 Å². The van der Waals surface area contributed by atoms with Crippen LogP contribution in [0.15, 0.2) is 71.8 Å². The number of ether oxygens (including phenoxy) is 1. The summed E-state index contributed by atoms with van der Waals surface area (Å²) in [7, 11) is 0. The molecule has 3 aromatic carbocycles. The number of anilines is 1. The Hall–Kier alpha value is -3.78. The van der Waals surface area contributed by atoms with Crippen LogP contribution in [0, 0.1) is 12.7 Å². The minimum absolute atomic E-state index is 0.309. The maximum atomic E-state index is 13.1. The maximum Gasteiger partial charge on any atom is 0.191 e. The number of nitrogens with zero attached hydrogens (tertiary/aromatic N) is 2. The highest BCUT2D eigenvalue weighted by atomic mass is 32.1. The minimum atomic E-state index is -0.309. The summed E-state index contributed by atoms with van der Waals surface area (Å²) in [4.78, 5) is 7.80. The van der Waals surface area contributed by atoms with Crippen molar-refractivity contribution in [3.8, 4) is 11.5 Å². The number of aromatic nitrogens is 2. The van der Waals surface area contributed by atoms with Gasteiger partial charge in [-0.2, -0.15) is 5.10 Å². The van der Waals surface area contributed by atoms with Crippen LogP contribution >= 0.6 is 12.2 Å². The molecule has 3 N–H and O–H groups in total. The van der Waals surface area contributed by atoms with E-state index in [1.165, 1.54) is 12.1 Å². The first-order valence-electron chi connectivity index (χ1n) is 9.58. The van der Waals surface area contributed by atoms with E-state index in [4.69, 9.17) is 17.0 Å². The molecule has 1 aromatic heterocycles. The maximum absolute atomic E-state index is 13.1. The van der Waals surface area contributed by atoms with E-state index in [0.29, 0.717) is 28.1 Å². The zero-order chi connectivity index (χ0) is 21.8. The van der Waals surface area contributed by atoms with Gasteiger partial charge in [0.05, 0.1) is 11.0 Å². The summed E-state index contributed by atoms with van der Waals surface area (Å²) < 4.78 is 18.8. The largest absolute Gasteiger partial charge is 0.457 e. The SMILES string of the molecule is C/C(=N\NC(=S)Nc1cccc(C)c1)c1nc2cc(Oc3ccc(F)cc3)ccc2[nH]1. The van der Waals surface area contributed by atoms with Gasteiger partial charge in [-0.15, -0.1) is 0 Å². The van der Waals surface area contributed by atoms with Gasteiger partial charge in [-0.05, 0) is 80.2 Å². The average molecular weight is 434 g/mol. The van der Waals surface area contributed by atoms with Crippen LogP contribution in [0.2, 0.25) is 0 Å². The van der Waals surface area contributed by atoms with Crippen molar-refractivity contribution >= 4 is 39.8 Å². The molecule has 0 saturated carbocycles. The van der Waals surface area contributed by atoms with E-state index >= 15 is 0 Å². The molecule has 0 bridgehead atoms. The molecule has 1 heterocycles. The van der Waals surface area contributed by atoms with Crippen molar-refractivity contribution < 1.29 is 9.13 Å². The third kappa shape index (κ3) is 5.23. The molecule has 4 rings (SSSR count). The number of fused-ring (bicyclic) bond motifs is 1. The molecule has 0 spiro atoms. The number of hydrogen-bond acceptors (Lipinski definition) is 4. The molecule has 31 heavy (non-hydrogen) atoms. The number of imidazole rings is 1. The van der Waals surface area contributed by atoms with Gasteiger partial charge in [0.15, 0.2) is 10.9 Å². The Morgan fingerprint density at radius 3 is 2.61 bits per heavy atom. The lowest BCUT2D eigenvalue weighted by Gasteiger charge is -2.08. The van der Waals surface area contributed by atoms with Crippen molar-refractivity contribution in [2.45, 2.75) is 13.8 Å². The van der Waals surface area contributed by atoms with Gasteiger partial charge in [-0.3, -0.25) is 5.43 Å². The molecule has 0 aliphatic rings. The van der Waals surface area contributed by atoms with E-state index in [1.54, 1.807) is 12.1 Å². The van der Waals surface area contributed by atoms with Gasteiger partial charge in [0, 0.05) is 11.8 Å². The van der Waals surface area contributed by atoms with E-state index in [-0.39, 0.29) is 5.82 Å². The first-order chi connectivity index (χ1) is 15.0. The van der Waals surface area contributed by atoms with Crippen molar-refractivity contribution in [3.05, 3.63) is 83.9 Å². The first kappa shape index (κ1) is 20.5. The van der Waals surface area contributed by atoms with Crippen LogP contribution in [0.1, 0.15) is 18.3 Å². The molecule has 0 atom stereocenters. The molecule has 0 unspecified atom stereocenters. The van der Waals surface area contributed by atoms with Crippen molar-refractivity contribution in [1.82, 2.24) is 15.4 Å². The molecule has 0 aliphatic carbocycles. The summed E-state index contributed by atoms with van der Waals surface area (Å²) in [6.45, 7) is 3.84. The van der Waals surface area contributed by atoms with Gasteiger partial charge in [-0.1, -0.05) is 12.1 Å². The van der Waals surface area contributed by atoms with Crippen LogP contribution in [0.4, 0.5) is 10.1 Å². The molecule has 4 aromatic rings. The molecule has 0 fully saturated rings. The van der Waals surface area contributed by atoms with Gasteiger partial charge in [-0.25, -0.2) is 9.37 Å². The number of halogens is 1. The van der Waals surface area contributed by atoms with Crippen LogP contribution in [-0.2, 0) is 0 Å². The van der Waals surface area contributed by atoms with Gasteiger partial charge in [0.25, 0.3) is 0 Å². The molecule has 0 saturated heterocycles. The standard InChI is InChI=1S/C23H20FN5OS/c1-14-4-3-5-17(12-14)25-23(31)29-28-15(2)22-26-20-11-10-19(13-21(20)27-22)30-18-8-6-16(24)7-9-18/h3-13H,1-2H3,(H,26,27)(H2,25,29,31)/b28-15+. The van der Waals surface area contributed by atoms with Crippen LogP contribution in [0.25, 0.3) is 11.0 Å². The van der Waals surface area contributed by atoms with E-state index in [1.807, 2.05) is 56.3 Å². The fourth-order valence-electron chi connectivity index (χ4n) is 2.93. The highest BCUT2D eigenvalue weighted by molar-refractivity contribution is 7.80. The van der Waals surface area contributed by atoms with Gasteiger partial charge in [0.2, 0.25) is 0 Å². The van der Waals surface area contributed by atoms with Gasteiger partial charge in [0.1, 0.15) is 23.0 Å². The van der Waals surface area contributed by atoms with Crippen LogP contribution in [0.5, 0.6) is 11.5 Å². The Balaban J connectivity index is 1.44. The number of thiocarbonyl (C=S) groups is 1.